The maximum absolute atomic E-state index is 12.2. The Morgan fingerprint density at radius 3 is 2.53 bits per heavy atom. The van der Waals surface area contributed by atoms with E-state index in [1.165, 1.54) is 0 Å². The zero-order chi connectivity index (χ0) is 14.2. The monoisotopic (exact) mass is 262 g/mol. The molecule has 2 heterocycles. The van der Waals surface area contributed by atoms with Gasteiger partial charge in [0.15, 0.2) is 5.89 Å². The summed E-state index contributed by atoms with van der Waals surface area (Å²) in [7, 11) is 1.81. The number of amides is 1. The highest BCUT2D eigenvalue weighted by molar-refractivity contribution is 6.02. The topological polar surface area (TPSA) is 73.0 Å². The number of carbonyl (C=O) groups excluding carboxylic acids is 1. The van der Waals surface area contributed by atoms with E-state index in [1.54, 1.807) is 25.6 Å². The number of oxazole rings is 1. The molecule has 6 heteroatoms. The summed E-state index contributed by atoms with van der Waals surface area (Å²) in [5, 5.41) is 7.16. The summed E-state index contributed by atoms with van der Waals surface area (Å²) in [6.45, 7) is 7.43. The van der Waals surface area contributed by atoms with Gasteiger partial charge in [0.05, 0.1) is 11.4 Å². The van der Waals surface area contributed by atoms with Crippen LogP contribution in [0.2, 0.25) is 0 Å². The Morgan fingerprint density at radius 2 is 2.00 bits per heavy atom. The molecule has 0 atom stereocenters. The lowest BCUT2D eigenvalue weighted by Gasteiger charge is -2.06. The number of hydrogen-bond donors (Lipinski definition) is 1. The first-order valence-electron chi connectivity index (χ1n) is 6.21. The molecule has 0 unspecified atom stereocenters. The van der Waals surface area contributed by atoms with Crippen LogP contribution in [0.5, 0.6) is 0 Å². The van der Waals surface area contributed by atoms with E-state index in [2.05, 4.69) is 15.4 Å². The van der Waals surface area contributed by atoms with Gasteiger partial charge >= 0.3 is 0 Å². The minimum absolute atomic E-state index is 0.249. The lowest BCUT2D eigenvalue weighted by molar-refractivity contribution is 0.0993. The van der Waals surface area contributed by atoms with Crippen molar-refractivity contribution in [1.29, 1.82) is 0 Å². The van der Waals surface area contributed by atoms with Gasteiger partial charge in [0.1, 0.15) is 5.82 Å². The van der Waals surface area contributed by atoms with Gasteiger partial charge in [0.25, 0.3) is 5.91 Å². The van der Waals surface area contributed by atoms with E-state index >= 15 is 0 Å². The van der Waals surface area contributed by atoms with E-state index < -0.39 is 0 Å². The summed E-state index contributed by atoms with van der Waals surface area (Å²) in [5.74, 6) is 1.15. The van der Waals surface area contributed by atoms with Crippen LogP contribution < -0.4 is 5.32 Å². The number of rotatable bonds is 3. The SMILES string of the molecule is CCc1c(C)nn(C)c1NC(=O)c1oc(C)nc1C. The second-order valence-electron chi connectivity index (χ2n) is 4.49. The molecule has 0 bridgehead atoms. The molecular formula is C13H18N4O2. The average molecular weight is 262 g/mol. The van der Waals surface area contributed by atoms with Crippen LogP contribution in [0.4, 0.5) is 5.82 Å². The first-order valence-corrected chi connectivity index (χ1v) is 6.21. The molecule has 0 fully saturated rings. The summed E-state index contributed by atoms with van der Waals surface area (Å²) in [6.07, 6.45) is 0.809. The normalized spacial score (nSPS) is 10.8. The number of aryl methyl sites for hydroxylation is 4. The van der Waals surface area contributed by atoms with Crippen LogP contribution in [0.15, 0.2) is 4.42 Å². The Kier molecular flexibility index (Phi) is 3.42. The van der Waals surface area contributed by atoms with E-state index in [1.807, 2.05) is 13.8 Å². The van der Waals surface area contributed by atoms with Crippen LogP contribution in [-0.4, -0.2) is 20.7 Å². The van der Waals surface area contributed by atoms with Crippen LogP contribution in [0.25, 0.3) is 0 Å². The molecule has 0 aliphatic rings. The summed E-state index contributed by atoms with van der Waals surface area (Å²) >= 11 is 0. The van der Waals surface area contributed by atoms with E-state index in [4.69, 9.17) is 4.42 Å². The van der Waals surface area contributed by atoms with Crippen molar-refractivity contribution in [3.05, 3.63) is 28.6 Å². The van der Waals surface area contributed by atoms with Gasteiger partial charge in [-0.05, 0) is 20.3 Å². The standard InChI is InChI=1S/C13H18N4O2/c1-6-10-7(2)16-17(5)12(10)15-13(18)11-8(3)14-9(4)19-11/h6H2,1-5H3,(H,15,18). The molecule has 0 aliphatic carbocycles. The van der Waals surface area contributed by atoms with Crippen molar-refractivity contribution in [2.45, 2.75) is 34.1 Å². The molecule has 1 amide bonds. The Balaban J connectivity index is 2.31. The predicted octanol–water partition coefficient (Wildman–Crippen LogP) is 2.15. The summed E-state index contributed by atoms with van der Waals surface area (Å²) in [4.78, 5) is 16.3. The van der Waals surface area contributed by atoms with Crippen molar-refractivity contribution >= 4 is 11.7 Å². The largest absolute Gasteiger partial charge is 0.436 e. The Hall–Kier alpha value is -2.11. The third-order valence-electron chi connectivity index (χ3n) is 3.04. The first kappa shape index (κ1) is 13.3. The molecule has 2 rings (SSSR count). The van der Waals surface area contributed by atoms with Gasteiger partial charge in [0.2, 0.25) is 5.76 Å². The number of aromatic nitrogens is 3. The van der Waals surface area contributed by atoms with Crippen LogP contribution in [0.3, 0.4) is 0 Å². The Bertz CT molecular complexity index is 625. The summed E-state index contributed by atoms with van der Waals surface area (Å²) in [5.41, 5.74) is 2.54. The quantitative estimate of drug-likeness (QED) is 0.919. The first-order chi connectivity index (χ1) is 8.93. The van der Waals surface area contributed by atoms with Gasteiger partial charge < -0.3 is 9.73 Å². The van der Waals surface area contributed by atoms with Gasteiger partial charge in [-0.15, -0.1) is 0 Å². The molecular weight excluding hydrogens is 244 g/mol. The van der Waals surface area contributed by atoms with Crippen LogP contribution in [-0.2, 0) is 13.5 Å². The molecule has 19 heavy (non-hydrogen) atoms. The third-order valence-corrected chi connectivity index (χ3v) is 3.04. The van der Waals surface area contributed by atoms with Gasteiger partial charge in [0, 0.05) is 19.5 Å². The number of carbonyl (C=O) groups is 1. The van der Waals surface area contributed by atoms with E-state index in [0.717, 1.165) is 17.7 Å². The summed E-state index contributed by atoms with van der Waals surface area (Å²) in [6, 6.07) is 0. The number of hydrogen-bond acceptors (Lipinski definition) is 4. The second-order valence-corrected chi connectivity index (χ2v) is 4.49. The lowest BCUT2D eigenvalue weighted by Crippen LogP contribution is -2.16. The van der Waals surface area contributed by atoms with E-state index in [0.29, 0.717) is 17.4 Å². The second kappa shape index (κ2) is 4.87. The molecule has 0 saturated carbocycles. The molecule has 6 nitrogen and oxygen atoms in total. The van der Waals surface area contributed by atoms with Gasteiger partial charge in [-0.2, -0.15) is 5.10 Å². The van der Waals surface area contributed by atoms with E-state index in [-0.39, 0.29) is 11.7 Å². The molecule has 0 saturated heterocycles. The fraction of sp³-hybridized carbons (Fsp3) is 0.462. The highest BCUT2D eigenvalue weighted by atomic mass is 16.4. The van der Waals surface area contributed by atoms with Crippen LogP contribution in [0.1, 0.15) is 40.3 Å². The fourth-order valence-corrected chi connectivity index (χ4v) is 2.19. The predicted molar refractivity (Wildman–Crippen MR) is 71.3 cm³/mol. The molecule has 0 radical (unpaired) electrons. The highest BCUT2D eigenvalue weighted by Crippen LogP contribution is 2.20. The maximum Gasteiger partial charge on any atom is 0.294 e. The van der Waals surface area contributed by atoms with Crippen molar-refractivity contribution in [2.75, 3.05) is 5.32 Å². The summed E-state index contributed by atoms with van der Waals surface area (Å²) < 4.78 is 6.99. The number of anilines is 1. The fourth-order valence-electron chi connectivity index (χ4n) is 2.19. The maximum atomic E-state index is 12.2. The zero-order valence-corrected chi connectivity index (χ0v) is 11.9. The molecule has 102 valence electrons. The van der Waals surface area contributed by atoms with Crippen molar-refractivity contribution in [3.63, 3.8) is 0 Å². The van der Waals surface area contributed by atoms with Crippen molar-refractivity contribution in [1.82, 2.24) is 14.8 Å². The van der Waals surface area contributed by atoms with Gasteiger partial charge in [-0.1, -0.05) is 6.92 Å². The van der Waals surface area contributed by atoms with Crippen molar-refractivity contribution in [3.8, 4) is 0 Å². The van der Waals surface area contributed by atoms with E-state index in [9.17, 15) is 4.79 Å². The van der Waals surface area contributed by atoms with Crippen molar-refractivity contribution in [2.24, 2.45) is 7.05 Å². The van der Waals surface area contributed by atoms with Crippen molar-refractivity contribution < 1.29 is 9.21 Å². The molecule has 0 spiro atoms. The molecule has 0 aliphatic heterocycles. The van der Waals surface area contributed by atoms with Crippen LogP contribution >= 0.6 is 0 Å². The lowest BCUT2D eigenvalue weighted by atomic mass is 10.2. The number of nitrogens with zero attached hydrogens (tertiary/aromatic N) is 3. The third kappa shape index (κ3) is 2.38. The smallest absolute Gasteiger partial charge is 0.294 e. The van der Waals surface area contributed by atoms with Gasteiger partial charge in [-0.25, -0.2) is 4.98 Å². The molecule has 1 N–H and O–H groups in total. The zero-order valence-electron chi connectivity index (χ0n) is 11.9. The minimum atomic E-state index is -0.296. The average Bonchev–Trinajstić information content (AvgIpc) is 2.79. The molecule has 2 aromatic heterocycles. The highest BCUT2D eigenvalue weighted by Gasteiger charge is 2.20. The minimum Gasteiger partial charge on any atom is -0.436 e. The molecule has 2 aromatic rings. The Morgan fingerprint density at radius 1 is 1.32 bits per heavy atom. The molecule has 0 aromatic carbocycles. The van der Waals surface area contributed by atoms with Gasteiger partial charge in [-0.3, -0.25) is 9.48 Å². The number of nitrogens with one attached hydrogen (secondary N) is 1. The Labute approximate surface area is 111 Å². The van der Waals surface area contributed by atoms with Crippen LogP contribution in [0, 0.1) is 20.8 Å².